The van der Waals surface area contributed by atoms with E-state index in [-0.39, 0.29) is 40.7 Å². The Morgan fingerprint density at radius 2 is 0.857 bits per heavy atom. The van der Waals surface area contributed by atoms with Crippen LogP contribution >= 0.6 is 17.0 Å². The van der Waals surface area contributed by atoms with Gasteiger partial charge < -0.3 is 0 Å². The third-order valence-electron chi connectivity index (χ3n) is 16.6. The summed E-state index contributed by atoms with van der Waals surface area (Å²) < 4.78 is 0.976. The summed E-state index contributed by atoms with van der Waals surface area (Å²) >= 11 is -5.84. The first-order valence-electron chi connectivity index (χ1n) is 26.2. The van der Waals surface area contributed by atoms with Crippen LogP contribution in [0, 0.1) is 25.7 Å². The van der Waals surface area contributed by atoms with Crippen LogP contribution < -0.4 is 13.6 Å². The zero-order chi connectivity index (χ0) is 51.0. The number of rotatable bonds is 7. The van der Waals surface area contributed by atoms with Crippen molar-refractivity contribution in [3.63, 3.8) is 0 Å². The molecule has 0 N–H and O–H groups in total. The molecule has 0 aromatic heterocycles. The molecule has 0 fully saturated rings. The van der Waals surface area contributed by atoms with Crippen molar-refractivity contribution in [3.05, 3.63) is 170 Å². The maximum atomic E-state index is 9.62. The molecule has 0 saturated carbocycles. The second-order valence-corrected chi connectivity index (χ2v) is 48.8. The van der Waals surface area contributed by atoms with Crippen molar-refractivity contribution in [1.29, 1.82) is 0 Å². The van der Waals surface area contributed by atoms with E-state index in [0.29, 0.717) is 0 Å². The molecule has 3 aliphatic rings. The summed E-state index contributed by atoms with van der Waals surface area (Å²) in [5.74, 6) is 0.426. The molecule has 0 radical (unpaired) electrons. The molecule has 0 amide bonds. The summed E-state index contributed by atoms with van der Waals surface area (Å²) in [5, 5.41) is 2.96. The number of allylic oxidation sites excluding steroid dienone is 2. The average Bonchev–Trinajstić information content (AvgIpc) is 3.98. The molecule has 2 aliphatic carbocycles. The van der Waals surface area contributed by atoms with Gasteiger partial charge in [-0.1, -0.05) is 0 Å². The quantitative estimate of drug-likeness (QED) is 0.140. The van der Waals surface area contributed by atoms with Gasteiger partial charge in [0, 0.05) is 0 Å². The van der Waals surface area contributed by atoms with Gasteiger partial charge >= 0.3 is 437 Å². The Hall–Kier alpha value is -3.52. The van der Waals surface area contributed by atoms with Crippen LogP contribution in [0.2, 0.25) is 0 Å². The van der Waals surface area contributed by atoms with Crippen LogP contribution in [0.5, 0.6) is 0 Å². The van der Waals surface area contributed by atoms with E-state index in [1.807, 2.05) is 0 Å². The molecule has 0 spiro atoms. The molecule has 4 heteroatoms. The molecular weight excluding hydrogens is 983 g/mol. The van der Waals surface area contributed by atoms with Crippen LogP contribution in [0.1, 0.15) is 174 Å². The Morgan fingerprint density at radius 1 is 0.471 bits per heavy atom. The first-order chi connectivity index (χ1) is 32.4. The summed E-state index contributed by atoms with van der Waals surface area (Å²) in [5.41, 5.74) is 23.9. The van der Waals surface area contributed by atoms with Crippen molar-refractivity contribution in [2.24, 2.45) is 11.8 Å². The molecule has 6 aromatic carbocycles. The Morgan fingerprint density at radius 3 is 1.24 bits per heavy atom. The van der Waals surface area contributed by atoms with E-state index in [1.165, 1.54) is 114 Å². The van der Waals surface area contributed by atoms with Gasteiger partial charge in [-0.25, -0.2) is 0 Å². The molecule has 365 valence electrons. The van der Waals surface area contributed by atoms with Gasteiger partial charge in [0.25, 0.3) is 0 Å². The van der Waals surface area contributed by atoms with Crippen molar-refractivity contribution in [1.82, 2.24) is 0 Å². The standard InChI is InChI=1S/2C27H35.C12H9Si.2ClH.Zr/c2*1-17(2)20-12-19-11-10-18(3)25(24(19)15-20)21-13-22(26(4,5)6)16-23(14-21)27(7,8)9;1-3-7-11-9(5-1)10-6-2-4-8-12(10)13-11;;;/h2*10-17H,1-9H3;1-7H,13H2;2*1H;/q;;;;;+2/p-2. The topological polar surface area (TPSA) is 0 Å². The van der Waals surface area contributed by atoms with E-state index < -0.39 is 25.9 Å². The van der Waals surface area contributed by atoms with Gasteiger partial charge in [-0.05, 0) is 0 Å². The molecule has 0 nitrogen and oxygen atoms in total. The Bertz CT molecular complexity index is 2950. The number of hydrogen-bond acceptors (Lipinski definition) is 0. The SMILES string of the molecule is Cc1ccc2c(c1-c1cc(C(C)(C)C)cc(C(C)(C)C)c1)C=C(C(C)C)[CH]2[Zr]([Cl])([Cl])([c]1cccc2c1[SiH2]c1ccccc1-2)[CH]1C(C(C)C)=Cc2c1ccc(C)c2-c1cc(C(C)(C)C)cc(C(C)(C)C)c1. The van der Waals surface area contributed by atoms with Gasteiger partial charge in [0.2, 0.25) is 0 Å². The van der Waals surface area contributed by atoms with Gasteiger partial charge in [0.1, 0.15) is 0 Å². The number of aryl methyl sites for hydroxylation is 2. The van der Waals surface area contributed by atoms with E-state index in [9.17, 15) is 17.0 Å². The third-order valence-corrected chi connectivity index (χ3v) is 39.2. The molecular formula is C66H79Cl2SiZr. The molecule has 1 aliphatic heterocycles. The monoisotopic (exact) mass is 1060 g/mol. The molecule has 70 heavy (non-hydrogen) atoms. The molecule has 0 saturated heterocycles. The van der Waals surface area contributed by atoms with Crippen LogP contribution in [0.15, 0.2) is 114 Å². The van der Waals surface area contributed by atoms with Gasteiger partial charge in [-0.3, -0.25) is 0 Å². The van der Waals surface area contributed by atoms with Crippen molar-refractivity contribution >= 4 is 52.3 Å². The van der Waals surface area contributed by atoms with Crippen LogP contribution in [-0.2, 0) is 38.1 Å². The molecule has 1 heterocycles. The predicted molar refractivity (Wildman–Crippen MR) is 310 cm³/mol. The van der Waals surface area contributed by atoms with Crippen LogP contribution in [0.25, 0.3) is 45.5 Å². The predicted octanol–water partition coefficient (Wildman–Crippen LogP) is 17.1. The molecule has 2 atom stereocenters. The molecule has 2 unspecified atom stereocenters. The second-order valence-electron chi connectivity index (χ2n) is 26.4. The van der Waals surface area contributed by atoms with Crippen molar-refractivity contribution in [2.75, 3.05) is 0 Å². The van der Waals surface area contributed by atoms with Crippen LogP contribution in [0.3, 0.4) is 0 Å². The minimum absolute atomic E-state index is 0.0184. The van der Waals surface area contributed by atoms with E-state index in [1.54, 1.807) is 0 Å². The average molecular weight is 1060 g/mol. The summed E-state index contributed by atoms with van der Waals surface area (Å²) in [4.78, 5) is 0. The summed E-state index contributed by atoms with van der Waals surface area (Å²) in [6, 6.07) is 40.7. The van der Waals surface area contributed by atoms with Crippen LogP contribution in [0.4, 0.5) is 0 Å². The van der Waals surface area contributed by atoms with Gasteiger partial charge in [-0.2, -0.15) is 0 Å². The maximum absolute atomic E-state index is 9.62. The normalized spacial score (nSPS) is 17.9. The van der Waals surface area contributed by atoms with Crippen molar-refractivity contribution in [3.8, 4) is 33.4 Å². The van der Waals surface area contributed by atoms with E-state index >= 15 is 0 Å². The molecule has 9 rings (SSSR count). The summed E-state index contributed by atoms with van der Waals surface area (Å²) in [7, 11) is 18.3. The van der Waals surface area contributed by atoms with Gasteiger partial charge in [0.05, 0.1) is 0 Å². The number of hydrogen-bond donors (Lipinski definition) is 0. The van der Waals surface area contributed by atoms with Crippen LogP contribution in [-0.4, -0.2) is 9.52 Å². The van der Waals surface area contributed by atoms with Gasteiger partial charge in [-0.15, -0.1) is 0 Å². The fourth-order valence-corrected chi connectivity index (χ4v) is 40.7. The number of benzene rings is 6. The van der Waals surface area contributed by atoms with E-state index in [4.69, 9.17) is 0 Å². The Labute approximate surface area is 433 Å². The first kappa shape index (κ1) is 51.4. The van der Waals surface area contributed by atoms with Crippen molar-refractivity contribution < 1.29 is 16.4 Å². The van der Waals surface area contributed by atoms with E-state index in [2.05, 4.69) is 240 Å². The summed E-state index contributed by atoms with van der Waals surface area (Å²) in [6.07, 6.45) is 5.14. The second kappa shape index (κ2) is 17.3. The fourth-order valence-electron chi connectivity index (χ4n) is 12.5. The fraction of sp³-hybridized carbons (Fsp3) is 0.394. The first-order valence-corrected chi connectivity index (χ1v) is 38.0. The Balaban J connectivity index is 1.39. The summed E-state index contributed by atoms with van der Waals surface area (Å²) in [6.45, 7) is 42.3. The number of fused-ring (bicyclic) bond motifs is 5. The van der Waals surface area contributed by atoms with Gasteiger partial charge in [0.15, 0.2) is 0 Å². The van der Waals surface area contributed by atoms with Crippen molar-refractivity contribution in [2.45, 2.75) is 154 Å². The molecule has 6 aromatic rings. The zero-order valence-electron chi connectivity index (χ0n) is 45.7. The number of halogens is 2. The zero-order valence-corrected chi connectivity index (χ0v) is 51.1. The molecule has 0 bridgehead atoms. The third kappa shape index (κ3) is 8.44. The minimum atomic E-state index is -5.84. The Kier molecular flexibility index (Phi) is 12.7. The van der Waals surface area contributed by atoms with E-state index in [0.717, 1.165) is 0 Å².